The van der Waals surface area contributed by atoms with Gasteiger partial charge in [-0.2, -0.15) is 5.06 Å². The van der Waals surface area contributed by atoms with E-state index in [2.05, 4.69) is 35.1 Å². The fourth-order valence-electron chi connectivity index (χ4n) is 9.99. The zero-order valence-corrected chi connectivity index (χ0v) is 42.4. The summed E-state index contributed by atoms with van der Waals surface area (Å²) in [5, 5.41) is 24.1. The van der Waals surface area contributed by atoms with Gasteiger partial charge in [0.25, 0.3) is 0 Å². The first kappa shape index (κ1) is 54.5. The number of hydrogen-bond acceptors (Lipinski definition) is 10. The van der Waals surface area contributed by atoms with E-state index in [9.17, 15) is 34.0 Å². The molecule has 0 aromatic heterocycles. The van der Waals surface area contributed by atoms with Crippen molar-refractivity contribution in [1.29, 1.82) is 0 Å². The third kappa shape index (κ3) is 16.3. The first-order chi connectivity index (χ1) is 32.5. The molecule has 3 heterocycles. The minimum Gasteiger partial charge on any atom is -0.445 e. The second-order valence-electron chi connectivity index (χ2n) is 21.7. The standard InChI is InChI=1S/C53H79N7O9/c1-36(2)31-40(56-50(66)69-51(3,4)5)27-26-39(32-37-19-12-10-13-20-37)47(63)58-29-17-24-43(58)48(64)59-30-18-25-44(59)57-46(62)42(23-16-28-54-49(65)68-35-38-21-14-11-15-22-38)45(61)55-41-33-52(6,7)60(67)53(8,9)34-41/h10-15,19-22,26-27,36,39-44,67H,16-18,23-25,28-35H2,1-9H3,(H,54,65)(H,55,61)(H,56,66)(H,57,62)/b27-26+/t39-,40+,42-,43-,44-/m0/s1. The van der Waals surface area contributed by atoms with Gasteiger partial charge in [-0.15, -0.1) is 0 Å². The van der Waals surface area contributed by atoms with Crippen molar-refractivity contribution in [1.82, 2.24) is 36.1 Å². The van der Waals surface area contributed by atoms with E-state index in [-0.39, 0.29) is 43.3 Å². The number of piperidine rings is 1. The van der Waals surface area contributed by atoms with Gasteiger partial charge in [0, 0.05) is 36.8 Å². The smallest absolute Gasteiger partial charge is 0.408 e. The number of hydrogen-bond donors (Lipinski definition) is 5. The van der Waals surface area contributed by atoms with Gasteiger partial charge in [0.1, 0.15) is 30.3 Å². The van der Waals surface area contributed by atoms with Crippen LogP contribution < -0.4 is 21.3 Å². The Hall–Kier alpha value is -5.48. The van der Waals surface area contributed by atoms with Crippen molar-refractivity contribution >= 4 is 35.8 Å². The third-order valence-electron chi connectivity index (χ3n) is 13.1. The van der Waals surface area contributed by atoms with Gasteiger partial charge in [-0.3, -0.25) is 19.2 Å². The zero-order valence-electron chi connectivity index (χ0n) is 42.4. The van der Waals surface area contributed by atoms with Gasteiger partial charge < -0.3 is 45.7 Å². The van der Waals surface area contributed by atoms with Gasteiger partial charge in [-0.1, -0.05) is 86.7 Å². The van der Waals surface area contributed by atoms with Crippen LogP contribution in [0.25, 0.3) is 0 Å². The number of nitrogens with one attached hydrogen (secondary N) is 4. The highest BCUT2D eigenvalue weighted by atomic mass is 16.6. The van der Waals surface area contributed by atoms with Crippen LogP contribution in [0.5, 0.6) is 0 Å². The molecule has 69 heavy (non-hydrogen) atoms. The largest absolute Gasteiger partial charge is 0.445 e. The highest BCUT2D eigenvalue weighted by molar-refractivity contribution is 6.00. The minimum atomic E-state index is -1.15. The Morgan fingerprint density at radius 1 is 0.797 bits per heavy atom. The molecule has 0 spiro atoms. The number of alkyl carbamates (subject to hydrolysis) is 2. The Kier molecular flexibility index (Phi) is 19.2. The van der Waals surface area contributed by atoms with E-state index in [1.165, 1.54) is 5.06 Å². The van der Waals surface area contributed by atoms with E-state index < -0.39 is 70.8 Å². The summed E-state index contributed by atoms with van der Waals surface area (Å²) < 4.78 is 10.9. The average Bonchev–Trinajstić information content (AvgIpc) is 3.96. The van der Waals surface area contributed by atoms with Crippen LogP contribution >= 0.6 is 0 Å². The molecule has 0 aliphatic carbocycles. The molecular formula is C53H79N7O9. The lowest BCUT2D eigenvalue weighted by atomic mass is 9.78. The molecule has 3 fully saturated rings. The molecule has 2 aromatic rings. The van der Waals surface area contributed by atoms with E-state index in [0.717, 1.165) is 11.1 Å². The number of ether oxygens (including phenoxy) is 2. The lowest BCUT2D eigenvalue weighted by molar-refractivity contribution is -0.246. The molecule has 5 rings (SSSR count). The van der Waals surface area contributed by atoms with Crippen LogP contribution in [0.15, 0.2) is 72.8 Å². The van der Waals surface area contributed by atoms with Crippen LogP contribution in [0, 0.1) is 17.8 Å². The molecule has 0 unspecified atom stereocenters. The number of nitrogens with zero attached hydrogens (tertiary/aromatic N) is 3. The fourth-order valence-corrected chi connectivity index (χ4v) is 9.99. The lowest BCUT2D eigenvalue weighted by Gasteiger charge is -2.51. The Labute approximate surface area is 409 Å². The van der Waals surface area contributed by atoms with Crippen molar-refractivity contribution in [3.8, 4) is 0 Å². The molecule has 6 amide bonds. The van der Waals surface area contributed by atoms with Crippen LogP contribution in [-0.4, -0.2) is 116 Å². The summed E-state index contributed by atoms with van der Waals surface area (Å²) in [4.78, 5) is 86.6. The number of rotatable bonds is 19. The second kappa shape index (κ2) is 24.4. The highest BCUT2D eigenvalue weighted by Crippen LogP contribution is 2.37. The van der Waals surface area contributed by atoms with Gasteiger partial charge in [-0.05, 0) is 130 Å². The van der Waals surface area contributed by atoms with Crippen molar-refractivity contribution in [2.24, 2.45) is 17.8 Å². The molecular weight excluding hydrogens is 879 g/mol. The zero-order chi connectivity index (χ0) is 50.5. The predicted molar refractivity (Wildman–Crippen MR) is 263 cm³/mol. The molecule has 0 radical (unpaired) electrons. The van der Waals surface area contributed by atoms with Crippen LogP contribution in [0.1, 0.15) is 131 Å². The maximum atomic E-state index is 14.7. The van der Waals surface area contributed by atoms with E-state index in [1.54, 1.807) is 30.6 Å². The summed E-state index contributed by atoms with van der Waals surface area (Å²) in [6, 6.07) is 17.5. The molecule has 16 nitrogen and oxygen atoms in total. The van der Waals surface area contributed by atoms with Crippen LogP contribution in [-0.2, 0) is 41.7 Å². The van der Waals surface area contributed by atoms with Crippen molar-refractivity contribution in [2.45, 2.75) is 174 Å². The van der Waals surface area contributed by atoms with Gasteiger partial charge in [0.2, 0.25) is 23.6 Å². The normalized spacial score (nSPS) is 20.8. The van der Waals surface area contributed by atoms with Crippen molar-refractivity contribution in [3.05, 3.63) is 83.9 Å². The summed E-state index contributed by atoms with van der Waals surface area (Å²) in [6.07, 6.45) is 6.35. The lowest BCUT2D eigenvalue weighted by Crippen LogP contribution is -2.63. The predicted octanol–water partition coefficient (Wildman–Crippen LogP) is 7.25. The number of likely N-dealkylation sites (tertiary alicyclic amines) is 2. The molecule has 2 aromatic carbocycles. The first-order valence-corrected chi connectivity index (χ1v) is 24.9. The molecule has 16 heteroatoms. The average molecular weight is 958 g/mol. The summed E-state index contributed by atoms with van der Waals surface area (Å²) in [5.41, 5.74) is -0.175. The number of amides is 6. The Morgan fingerprint density at radius 3 is 2.01 bits per heavy atom. The molecule has 3 aliphatic rings. The van der Waals surface area contributed by atoms with Crippen molar-refractivity contribution in [3.63, 3.8) is 0 Å². The molecule has 380 valence electrons. The summed E-state index contributed by atoms with van der Waals surface area (Å²) in [6.45, 7) is 18.2. The highest BCUT2D eigenvalue weighted by Gasteiger charge is 2.47. The third-order valence-corrected chi connectivity index (χ3v) is 13.1. The first-order valence-electron chi connectivity index (χ1n) is 24.9. The molecule has 3 saturated heterocycles. The quantitative estimate of drug-likeness (QED) is 0.0543. The maximum absolute atomic E-state index is 14.7. The molecule has 3 aliphatic heterocycles. The van der Waals surface area contributed by atoms with E-state index >= 15 is 0 Å². The Balaban J connectivity index is 1.29. The Bertz CT molecular complexity index is 2060. The maximum Gasteiger partial charge on any atom is 0.408 e. The summed E-state index contributed by atoms with van der Waals surface area (Å²) >= 11 is 0. The van der Waals surface area contributed by atoms with Crippen molar-refractivity contribution < 1.29 is 43.4 Å². The van der Waals surface area contributed by atoms with E-state index in [4.69, 9.17) is 9.47 Å². The number of carbonyl (C=O) groups excluding carboxylic acids is 6. The number of hydroxylamine groups is 2. The number of benzene rings is 2. The van der Waals surface area contributed by atoms with E-state index in [0.29, 0.717) is 70.9 Å². The van der Waals surface area contributed by atoms with Crippen LogP contribution in [0.3, 0.4) is 0 Å². The molecule has 0 saturated carbocycles. The monoisotopic (exact) mass is 958 g/mol. The summed E-state index contributed by atoms with van der Waals surface area (Å²) in [7, 11) is 0. The second-order valence-corrected chi connectivity index (χ2v) is 21.7. The summed E-state index contributed by atoms with van der Waals surface area (Å²) in [5.74, 6) is -3.01. The SMILES string of the molecule is CC(C)C[C@@H](/C=C/[C@@H](Cc1ccccc1)C(=O)N1CCC[C@H]1C(=O)N1CCC[C@H]1NC(=O)[C@@H](CCCNC(=O)OCc1ccccc1)C(=O)NC1CC(C)(C)N(O)C(C)(C)C1)NC(=O)OC(C)(C)C. The van der Waals surface area contributed by atoms with Crippen LogP contribution in [0.4, 0.5) is 9.59 Å². The van der Waals surface area contributed by atoms with Crippen molar-refractivity contribution in [2.75, 3.05) is 19.6 Å². The Morgan fingerprint density at radius 2 is 1.39 bits per heavy atom. The van der Waals surface area contributed by atoms with Gasteiger partial charge in [-0.25, -0.2) is 9.59 Å². The van der Waals surface area contributed by atoms with Gasteiger partial charge in [0.05, 0.1) is 12.0 Å². The molecule has 0 bridgehead atoms. The topological polar surface area (TPSA) is 199 Å². The number of carbonyl (C=O) groups is 6. The molecule has 5 N–H and O–H groups in total. The van der Waals surface area contributed by atoms with E-state index in [1.807, 2.05) is 101 Å². The van der Waals surface area contributed by atoms with Crippen LogP contribution in [0.2, 0.25) is 0 Å². The fraction of sp³-hybridized carbons (Fsp3) is 0.623. The minimum absolute atomic E-state index is 0.0993. The van der Waals surface area contributed by atoms with Gasteiger partial charge >= 0.3 is 12.2 Å². The molecule has 5 atom stereocenters. The van der Waals surface area contributed by atoms with Gasteiger partial charge in [0.15, 0.2) is 0 Å².